The number of fused-ring (bicyclic) bond motifs is 1. The summed E-state index contributed by atoms with van der Waals surface area (Å²) in [5.41, 5.74) is 5.71. The number of aromatic nitrogens is 1. The second kappa shape index (κ2) is 10.7. The van der Waals surface area contributed by atoms with Crippen molar-refractivity contribution in [2.45, 2.75) is 45.3 Å². The second-order valence-corrected chi connectivity index (χ2v) is 9.43. The monoisotopic (exact) mass is 457 g/mol. The Morgan fingerprint density at radius 3 is 2.44 bits per heavy atom. The summed E-state index contributed by atoms with van der Waals surface area (Å²) in [6.45, 7) is 3.82. The van der Waals surface area contributed by atoms with Crippen LogP contribution in [0.2, 0.25) is 0 Å². The summed E-state index contributed by atoms with van der Waals surface area (Å²) in [4.78, 5) is 28.3. The summed E-state index contributed by atoms with van der Waals surface area (Å²) in [6.07, 6.45) is -0.708. The van der Waals surface area contributed by atoms with E-state index in [1.54, 1.807) is 0 Å². The molecule has 0 saturated carbocycles. The third-order valence-corrected chi connectivity index (χ3v) is 6.14. The molecule has 0 spiro atoms. The van der Waals surface area contributed by atoms with Crippen LogP contribution in [0.3, 0.4) is 0 Å². The quantitative estimate of drug-likeness (QED) is 0.406. The first kappa shape index (κ1) is 23.8. The van der Waals surface area contributed by atoms with E-state index in [-0.39, 0.29) is 12.3 Å². The Morgan fingerprint density at radius 1 is 1.12 bits per heavy atom. The normalized spacial score (nSPS) is 14.3. The fraction of sp³-hybridized carbons (Fsp3) is 0.375. The van der Waals surface area contributed by atoms with E-state index in [1.165, 1.54) is 11.3 Å². The van der Waals surface area contributed by atoms with E-state index in [0.29, 0.717) is 23.8 Å². The number of quaternary nitrogens is 1. The molecule has 3 atom stereocenters. The standard InChI is InChI=1S/C24H28N2O5S/c1-14(2)11-16(23(29)30)13-20(27)22(28)18(25)12-15-7-9-17(10-8-15)31-24-26-19-5-3-4-6-21(19)32-24/h3-10,14,16,18,22,28H,11-13,25H2,1-2H3,(H,29,30)/p+1/t16-,18-,22+/m1/s1. The number of hydrogen-bond donors (Lipinski definition) is 3. The molecule has 8 heteroatoms. The Hall–Kier alpha value is -2.81. The number of ether oxygens (including phenoxy) is 1. The van der Waals surface area contributed by atoms with Crippen LogP contribution in [0.1, 0.15) is 32.3 Å². The number of carbonyl (C=O) groups is 2. The maximum atomic E-state index is 12.4. The predicted molar refractivity (Wildman–Crippen MR) is 123 cm³/mol. The Kier molecular flexibility index (Phi) is 7.95. The molecule has 3 rings (SSSR count). The number of Topliss-reactive ketones (excluding diaryl/α,β-unsaturated/α-hetero) is 1. The molecule has 0 bridgehead atoms. The van der Waals surface area contributed by atoms with Gasteiger partial charge in [-0.3, -0.25) is 9.59 Å². The number of thiazole rings is 1. The molecule has 0 radical (unpaired) electrons. The largest absolute Gasteiger partial charge is 0.481 e. The first-order valence-electron chi connectivity index (χ1n) is 10.6. The fourth-order valence-corrected chi connectivity index (χ4v) is 4.41. The molecule has 1 aromatic heterocycles. The summed E-state index contributed by atoms with van der Waals surface area (Å²) in [5, 5.41) is 20.3. The molecule has 3 aromatic rings. The van der Waals surface area contributed by atoms with Crippen molar-refractivity contribution in [1.29, 1.82) is 0 Å². The van der Waals surface area contributed by atoms with Gasteiger partial charge in [0.2, 0.25) is 0 Å². The molecule has 0 fully saturated rings. The van der Waals surface area contributed by atoms with Crippen LogP contribution in [0.25, 0.3) is 10.2 Å². The highest BCUT2D eigenvalue weighted by molar-refractivity contribution is 7.20. The minimum absolute atomic E-state index is 0.153. The van der Waals surface area contributed by atoms with Gasteiger partial charge in [-0.2, -0.15) is 0 Å². The first-order valence-corrected chi connectivity index (χ1v) is 11.4. The highest BCUT2D eigenvalue weighted by Crippen LogP contribution is 2.31. The lowest BCUT2D eigenvalue weighted by molar-refractivity contribution is -0.432. The lowest BCUT2D eigenvalue weighted by Gasteiger charge is -2.18. The van der Waals surface area contributed by atoms with E-state index in [2.05, 4.69) is 10.7 Å². The van der Waals surface area contributed by atoms with Gasteiger partial charge in [-0.05, 0) is 42.2 Å². The number of hydrogen-bond acceptors (Lipinski definition) is 6. The van der Waals surface area contributed by atoms with E-state index in [0.717, 1.165) is 15.8 Å². The zero-order chi connectivity index (χ0) is 23.3. The number of carboxylic acid groups (broad SMARTS) is 1. The number of carbonyl (C=O) groups excluding carboxylic acids is 1. The molecule has 0 aliphatic carbocycles. The highest BCUT2D eigenvalue weighted by atomic mass is 32.1. The SMILES string of the molecule is CC(C)C[C@H](CC(=O)[C@@H](O)[C@H]([NH3+])Cc1ccc(Oc2nc3ccccc3s2)cc1)C(=O)O. The molecule has 5 N–H and O–H groups in total. The summed E-state index contributed by atoms with van der Waals surface area (Å²) in [6, 6.07) is 14.6. The maximum Gasteiger partial charge on any atom is 0.306 e. The zero-order valence-corrected chi connectivity index (χ0v) is 19.0. The average molecular weight is 458 g/mol. The summed E-state index contributed by atoms with van der Waals surface area (Å²) < 4.78 is 6.89. The minimum atomic E-state index is -1.30. The van der Waals surface area contributed by atoms with Crippen molar-refractivity contribution in [2.24, 2.45) is 11.8 Å². The third kappa shape index (κ3) is 6.35. The highest BCUT2D eigenvalue weighted by Gasteiger charge is 2.31. The molecule has 0 saturated heterocycles. The molecule has 0 unspecified atom stereocenters. The number of carboxylic acids is 1. The smallest absolute Gasteiger partial charge is 0.306 e. The van der Waals surface area contributed by atoms with Gasteiger partial charge < -0.3 is 20.7 Å². The Balaban J connectivity index is 1.56. The van der Waals surface area contributed by atoms with Gasteiger partial charge in [-0.15, -0.1) is 0 Å². The third-order valence-electron chi connectivity index (χ3n) is 5.23. The zero-order valence-electron chi connectivity index (χ0n) is 18.2. The molecule has 7 nitrogen and oxygen atoms in total. The average Bonchev–Trinajstić information content (AvgIpc) is 3.15. The minimum Gasteiger partial charge on any atom is -0.481 e. The van der Waals surface area contributed by atoms with E-state index in [4.69, 9.17) is 4.74 Å². The number of para-hydroxylation sites is 1. The summed E-state index contributed by atoms with van der Waals surface area (Å²) >= 11 is 1.47. The van der Waals surface area contributed by atoms with Crippen molar-refractivity contribution < 1.29 is 30.3 Å². The van der Waals surface area contributed by atoms with Crippen LogP contribution in [0, 0.1) is 11.8 Å². The van der Waals surface area contributed by atoms with E-state index in [9.17, 15) is 19.8 Å². The number of benzene rings is 2. The van der Waals surface area contributed by atoms with Crippen LogP contribution in [-0.4, -0.2) is 39.1 Å². The number of nitrogens with zero attached hydrogens (tertiary/aromatic N) is 1. The fourth-order valence-electron chi connectivity index (χ4n) is 3.57. The topological polar surface area (TPSA) is 124 Å². The molecule has 1 heterocycles. The van der Waals surface area contributed by atoms with Crippen LogP contribution >= 0.6 is 11.3 Å². The molecule has 0 amide bonds. The molecule has 0 aliphatic heterocycles. The van der Waals surface area contributed by atoms with Crippen molar-refractivity contribution in [3.05, 3.63) is 54.1 Å². The van der Waals surface area contributed by atoms with Crippen LogP contribution in [0.4, 0.5) is 0 Å². The second-order valence-electron chi connectivity index (χ2n) is 8.44. The number of ketones is 1. The Labute approximate surface area is 190 Å². The lowest BCUT2D eigenvalue weighted by atomic mass is 9.89. The van der Waals surface area contributed by atoms with Crippen LogP contribution in [-0.2, 0) is 16.0 Å². The molecule has 2 aromatic carbocycles. The Bertz CT molecular complexity index is 1030. The van der Waals surface area contributed by atoms with Gasteiger partial charge in [-0.25, -0.2) is 4.98 Å². The van der Waals surface area contributed by atoms with Gasteiger partial charge in [0.25, 0.3) is 5.19 Å². The number of aliphatic hydroxyl groups excluding tert-OH is 1. The summed E-state index contributed by atoms with van der Waals surface area (Å²) in [7, 11) is 0. The lowest BCUT2D eigenvalue weighted by Crippen LogP contribution is -2.69. The van der Waals surface area contributed by atoms with Gasteiger partial charge in [0.15, 0.2) is 11.9 Å². The number of aliphatic hydroxyl groups is 1. The van der Waals surface area contributed by atoms with Crippen LogP contribution in [0.15, 0.2) is 48.5 Å². The van der Waals surface area contributed by atoms with Crippen LogP contribution in [0.5, 0.6) is 10.9 Å². The van der Waals surface area contributed by atoms with Crippen molar-refractivity contribution in [3.63, 3.8) is 0 Å². The van der Waals surface area contributed by atoms with Crippen molar-refractivity contribution in [1.82, 2.24) is 4.98 Å². The van der Waals surface area contributed by atoms with Gasteiger partial charge in [0.05, 0.1) is 16.1 Å². The number of aliphatic carboxylic acids is 1. The molecule has 0 aliphatic rings. The molecular weight excluding hydrogens is 428 g/mol. The molecule has 170 valence electrons. The predicted octanol–water partition coefficient (Wildman–Crippen LogP) is 3.31. The first-order chi connectivity index (χ1) is 15.2. The molecular formula is C24H29N2O5S+. The van der Waals surface area contributed by atoms with Gasteiger partial charge in [0.1, 0.15) is 11.8 Å². The van der Waals surface area contributed by atoms with Gasteiger partial charge in [0, 0.05) is 12.8 Å². The molecule has 32 heavy (non-hydrogen) atoms. The van der Waals surface area contributed by atoms with E-state index in [1.807, 2.05) is 62.4 Å². The van der Waals surface area contributed by atoms with Crippen molar-refractivity contribution >= 4 is 33.3 Å². The van der Waals surface area contributed by atoms with Gasteiger partial charge >= 0.3 is 5.97 Å². The van der Waals surface area contributed by atoms with Gasteiger partial charge in [-0.1, -0.05) is 49.4 Å². The van der Waals surface area contributed by atoms with Crippen molar-refractivity contribution in [3.8, 4) is 10.9 Å². The Morgan fingerprint density at radius 2 is 1.81 bits per heavy atom. The summed E-state index contributed by atoms with van der Waals surface area (Å²) in [5.74, 6) is -1.48. The van der Waals surface area contributed by atoms with Crippen LogP contribution < -0.4 is 10.5 Å². The van der Waals surface area contributed by atoms with E-state index >= 15 is 0 Å². The van der Waals surface area contributed by atoms with E-state index < -0.39 is 29.8 Å². The van der Waals surface area contributed by atoms with Crippen molar-refractivity contribution in [2.75, 3.05) is 0 Å². The number of rotatable bonds is 11. The maximum absolute atomic E-state index is 12.4.